The molecule has 0 spiro atoms. The number of nitrogens with two attached hydrogens (primary N) is 2. The monoisotopic (exact) mass is 447 g/mol. The van der Waals surface area contributed by atoms with Crippen LogP contribution in [-0.2, 0) is 24.0 Å². The molecule has 0 heterocycles. The first-order valence-corrected chi connectivity index (χ1v) is 9.86. The van der Waals surface area contributed by atoms with Crippen molar-refractivity contribution in [3.05, 3.63) is 0 Å². The summed E-state index contributed by atoms with van der Waals surface area (Å²) < 4.78 is 0. The summed E-state index contributed by atoms with van der Waals surface area (Å²) in [5.74, 6) is -5.61. The van der Waals surface area contributed by atoms with E-state index >= 15 is 0 Å². The fourth-order valence-corrected chi connectivity index (χ4v) is 2.56. The Morgan fingerprint density at radius 3 is 1.87 bits per heavy atom. The highest BCUT2D eigenvalue weighted by Crippen LogP contribution is 2.05. The molecule has 0 aliphatic heterocycles. The number of aliphatic hydroxyl groups is 1. The molecule has 0 aliphatic rings. The van der Waals surface area contributed by atoms with Crippen LogP contribution in [0.5, 0.6) is 0 Å². The van der Waals surface area contributed by atoms with E-state index in [-0.39, 0.29) is 6.42 Å². The van der Waals surface area contributed by atoms with E-state index in [0.717, 1.165) is 0 Å². The topological polar surface area (TPSA) is 234 Å². The fraction of sp³-hybridized carbons (Fsp3) is 0.722. The molecule has 0 aromatic rings. The predicted octanol–water partition coefficient (Wildman–Crippen LogP) is -2.90. The van der Waals surface area contributed by atoms with Gasteiger partial charge in [-0.15, -0.1) is 0 Å². The molecule has 0 aliphatic carbocycles. The van der Waals surface area contributed by atoms with Crippen molar-refractivity contribution in [1.29, 1.82) is 0 Å². The smallest absolute Gasteiger partial charge is 0.326 e. The van der Waals surface area contributed by atoms with Crippen LogP contribution in [0.1, 0.15) is 39.5 Å². The molecule has 0 bridgehead atoms. The fourth-order valence-electron chi connectivity index (χ4n) is 2.56. The van der Waals surface area contributed by atoms with E-state index in [9.17, 15) is 34.2 Å². The first-order chi connectivity index (χ1) is 14.4. The van der Waals surface area contributed by atoms with Crippen LogP contribution in [0.3, 0.4) is 0 Å². The maximum atomic E-state index is 12.6. The summed E-state index contributed by atoms with van der Waals surface area (Å²) in [5.41, 5.74) is 10.9. The van der Waals surface area contributed by atoms with Crippen molar-refractivity contribution in [2.45, 2.75) is 63.7 Å². The Balaban J connectivity index is 5.25. The Hall–Kier alpha value is -2.77. The van der Waals surface area contributed by atoms with Crippen LogP contribution in [0.25, 0.3) is 0 Å². The minimum absolute atomic E-state index is 0.123. The van der Waals surface area contributed by atoms with Gasteiger partial charge >= 0.3 is 11.9 Å². The summed E-state index contributed by atoms with van der Waals surface area (Å²) >= 11 is 0. The van der Waals surface area contributed by atoms with Gasteiger partial charge in [0.15, 0.2) is 0 Å². The minimum atomic E-state index is -1.46. The molecule has 0 saturated carbocycles. The molecular weight excluding hydrogens is 414 g/mol. The van der Waals surface area contributed by atoms with Gasteiger partial charge in [-0.3, -0.25) is 19.2 Å². The zero-order valence-electron chi connectivity index (χ0n) is 17.7. The van der Waals surface area contributed by atoms with Gasteiger partial charge in [-0.2, -0.15) is 0 Å². The summed E-state index contributed by atoms with van der Waals surface area (Å²) in [7, 11) is 0. The number of carboxylic acids is 2. The number of carboxylic acid groups (broad SMARTS) is 2. The lowest BCUT2D eigenvalue weighted by Crippen LogP contribution is -2.58. The number of carbonyl (C=O) groups is 5. The summed E-state index contributed by atoms with van der Waals surface area (Å²) in [6.07, 6.45) is 0.460. The number of hydrogen-bond acceptors (Lipinski definition) is 8. The molecule has 13 heteroatoms. The summed E-state index contributed by atoms with van der Waals surface area (Å²) in [5, 5.41) is 34.3. The van der Waals surface area contributed by atoms with Crippen molar-refractivity contribution in [2.24, 2.45) is 17.4 Å². The summed E-state index contributed by atoms with van der Waals surface area (Å²) in [6.45, 7) is 2.68. The molecular formula is C18H33N5O8. The maximum absolute atomic E-state index is 12.6. The number of nitrogens with one attached hydrogen (secondary N) is 3. The molecule has 13 nitrogen and oxygen atoms in total. The van der Waals surface area contributed by atoms with Crippen LogP contribution in [0.15, 0.2) is 0 Å². The third-order valence-corrected chi connectivity index (χ3v) is 4.36. The number of aliphatic hydroxyl groups excluding tert-OH is 1. The van der Waals surface area contributed by atoms with E-state index in [0.29, 0.717) is 19.4 Å². The molecule has 0 fully saturated rings. The molecule has 4 unspecified atom stereocenters. The van der Waals surface area contributed by atoms with Gasteiger partial charge in [0.1, 0.15) is 18.1 Å². The SMILES string of the molecule is CC(C)C(NC(=O)C(CO)NC(=O)C(CCCCN)NC(=O)C(N)CC(=O)O)C(=O)O. The quantitative estimate of drug-likeness (QED) is 0.119. The average molecular weight is 447 g/mol. The van der Waals surface area contributed by atoms with Crippen LogP contribution < -0.4 is 27.4 Å². The molecule has 4 atom stereocenters. The Morgan fingerprint density at radius 2 is 1.42 bits per heavy atom. The third kappa shape index (κ3) is 10.7. The minimum Gasteiger partial charge on any atom is -0.481 e. The molecule has 3 amide bonds. The van der Waals surface area contributed by atoms with Crippen LogP contribution in [-0.4, -0.2) is 82.3 Å². The lowest BCUT2D eigenvalue weighted by Gasteiger charge is -2.25. The van der Waals surface area contributed by atoms with Crippen molar-refractivity contribution in [2.75, 3.05) is 13.2 Å². The van der Waals surface area contributed by atoms with Crippen molar-refractivity contribution in [3.8, 4) is 0 Å². The second-order valence-corrected chi connectivity index (χ2v) is 7.36. The third-order valence-electron chi connectivity index (χ3n) is 4.36. The van der Waals surface area contributed by atoms with Crippen LogP contribution >= 0.6 is 0 Å². The van der Waals surface area contributed by atoms with E-state index < -0.39 is 72.8 Å². The Kier molecular flexibility index (Phi) is 13.0. The van der Waals surface area contributed by atoms with E-state index in [4.69, 9.17) is 16.6 Å². The van der Waals surface area contributed by atoms with Gasteiger partial charge < -0.3 is 42.7 Å². The van der Waals surface area contributed by atoms with Gasteiger partial charge in [0, 0.05) is 0 Å². The second kappa shape index (κ2) is 14.3. The number of unbranched alkanes of at least 4 members (excludes halogenated alkanes) is 1. The number of carbonyl (C=O) groups excluding carboxylic acids is 3. The van der Waals surface area contributed by atoms with E-state index in [1.165, 1.54) is 0 Å². The highest BCUT2D eigenvalue weighted by molar-refractivity contribution is 5.94. The van der Waals surface area contributed by atoms with E-state index in [1.54, 1.807) is 13.8 Å². The van der Waals surface area contributed by atoms with Crippen molar-refractivity contribution in [3.63, 3.8) is 0 Å². The van der Waals surface area contributed by atoms with Crippen molar-refractivity contribution >= 4 is 29.7 Å². The Labute approximate surface area is 179 Å². The molecule has 0 radical (unpaired) electrons. The second-order valence-electron chi connectivity index (χ2n) is 7.36. The summed E-state index contributed by atoms with van der Waals surface area (Å²) in [4.78, 5) is 59.0. The van der Waals surface area contributed by atoms with Crippen LogP contribution in [0.2, 0.25) is 0 Å². The maximum Gasteiger partial charge on any atom is 0.326 e. The van der Waals surface area contributed by atoms with E-state index in [1.807, 2.05) is 0 Å². The van der Waals surface area contributed by atoms with Gasteiger partial charge in [-0.05, 0) is 31.7 Å². The number of rotatable bonds is 15. The number of hydrogen-bond donors (Lipinski definition) is 8. The Bertz CT molecular complexity index is 642. The molecule has 10 N–H and O–H groups in total. The van der Waals surface area contributed by atoms with E-state index in [2.05, 4.69) is 16.0 Å². The first-order valence-electron chi connectivity index (χ1n) is 9.86. The largest absolute Gasteiger partial charge is 0.481 e. The molecule has 0 rings (SSSR count). The zero-order valence-corrected chi connectivity index (χ0v) is 17.7. The standard InChI is InChI=1S/C18H33N5O8/c1-9(2)14(18(30)31)23-17(29)12(8-24)22-16(28)11(5-3-4-6-19)21-15(27)10(20)7-13(25)26/h9-12,14,24H,3-8,19-20H2,1-2H3,(H,21,27)(H,22,28)(H,23,29)(H,25,26)(H,30,31). The summed E-state index contributed by atoms with van der Waals surface area (Å²) in [6, 6.07) is -5.25. The predicted molar refractivity (Wildman–Crippen MR) is 108 cm³/mol. The first kappa shape index (κ1) is 28.2. The molecule has 0 aromatic carbocycles. The average Bonchev–Trinajstić information content (AvgIpc) is 2.67. The zero-order chi connectivity index (χ0) is 24.1. The molecule has 31 heavy (non-hydrogen) atoms. The van der Waals surface area contributed by atoms with Gasteiger partial charge in [0.05, 0.1) is 19.1 Å². The number of amides is 3. The van der Waals surface area contributed by atoms with Gasteiger partial charge in [0.25, 0.3) is 0 Å². The highest BCUT2D eigenvalue weighted by Gasteiger charge is 2.31. The van der Waals surface area contributed by atoms with Crippen molar-refractivity contribution < 1.29 is 39.3 Å². The molecule has 178 valence electrons. The Morgan fingerprint density at radius 1 is 0.871 bits per heavy atom. The molecule has 0 saturated heterocycles. The van der Waals surface area contributed by atoms with Gasteiger partial charge in [-0.1, -0.05) is 13.8 Å². The lowest BCUT2D eigenvalue weighted by atomic mass is 10.0. The van der Waals surface area contributed by atoms with Crippen LogP contribution in [0.4, 0.5) is 0 Å². The molecule has 0 aromatic heterocycles. The highest BCUT2D eigenvalue weighted by atomic mass is 16.4. The number of aliphatic carboxylic acids is 2. The van der Waals surface area contributed by atoms with Crippen molar-refractivity contribution in [1.82, 2.24) is 16.0 Å². The van der Waals surface area contributed by atoms with Gasteiger partial charge in [0.2, 0.25) is 17.7 Å². The van der Waals surface area contributed by atoms with Crippen LogP contribution in [0, 0.1) is 5.92 Å². The normalized spacial score (nSPS) is 14.8. The lowest BCUT2D eigenvalue weighted by molar-refractivity contribution is -0.143. The van der Waals surface area contributed by atoms with Gasteiger partial charge in [-0.25, -0.2) is 4.79 Å².